The average Bonchev–Trinajstić information content (AvgIpc) is 2.66. The van der Waals surface area contributed by atoms with Crippen LogP contribution >= 0.6 is 0 Å². The van der Waals surface area contributed by atoms with Crippen molar-refractivity contribution in [2.45, 2.75) is 37.5 Å². The topological polar surface area (TPSA) is 0 Å². The van der Waals surface area contributed by atoms with E-state index in [0.717, 1.165) is 0 Å². The summed E-state index contributed by atoms with van der Waals surface area (Å²) in [4.78, 5) is 3.77. The molecule has 2 aromatic carbocycles. The smallest absolute Gasteiger partial charge is 0.0989 e. The van der Waals surface area contributed by atoms with Gasteiger partial charge < -0.3 is 0 Å². The fourth-order valence-corrected chi connectivity index (χ4v) is 3.93. The third-order valence-electron chi connectivity index (χ3n) is 2.68. The van der Waals surface area contributed by atoms with E-state index in [2.05, 4.69) is 61.7 Å². The third kappa shape index (κ3) is 6.75. The molecule has 0 spiro atoms. The van der Waals surface area contributed by atoms with Crippen LogP contribution in [0.4, 0.5) is 0 Å². The summed E-state index contributed by atoms with van der Waals surface area (Å²) in [5.41, 5.74) is 0. The first-order chi connectivity index (χ1) is 11.4. The van der Waals surface area contributed by atoms with Crippen LogP contribution in [-0.4, -0.2) is 0 Å². The van der Waals surface area contributed by atoms with Gasteiger partial charge in [0.2, 0.25) is 0 Å². The normalized spacial score (nSPS) is 9.87. The highest BCUT2D eigenvalue weighted by Gasteiger charge is 2.28. The van der Waals surface area contributed by atoms with Crippen molar-refractivity contribution in [3.05, 3.63) is 97.0 Å². The van der Waals surface area contributed by atoms with Gasteiger partial charge in [0.25, 0.3) is 0 Å². The second-order valence-electron chi connectivity index (χ2n) is 3.94. The first-order valence-electron chi connectivity index (χ1n) is 8.16. The van der Waals surface area contributed by atoms with Crippen molar-refractivity contribution < 1.29 is 0 Å². The van der Waals surface area contributed by atoms with Crippen molar-refractivity contribution in [3.8, 4) is 0 Å². The minimum absolute atomic E-state index is 0.117. The van der Waals surface area contributed by atoms with E-state index in [4.69, 9.17) is 0 Å². The van der Waals surface area contributed by atoms with Crippen molar-refractivity contribution >= 4 is 10.9 Å². The SMILES string of the molecule is C=C/C=C(\C=C)[S+](c1ccccc1)c1ccccc1.CC.CC. The van der Waals surface area contributed by atoms with Gasteiger partial charge in [-0.25, -0.2) is 0 Å². The predicted octanol–water partition coefficient (Wildman–Crippen LogP) is 7.03. The van der Waals surface area contributed by atoms with Crippen LogP contribution in [0.3, 0.4) is 0 Å². The first kappa shape index (κ1) is 21.0. The highest BCUT2D eigenvalue weighted by atomic mass is 32.2. The standard InChI is InChI=1S/C18H17S.2C2H6/c1-3-11-16(4-2)19(17-12-7-5-8-13-17)18-14-9-6-10-15-18;2*1-2/h3-15H,1-2H2;2*1-2H3/q+1;;/b16-11+;;. The van der Waals surface area contributed by atoms with Gasteiger partial charge in [0.05, 0.1) is 10.9 Å². The zero-order valence-electron chi connectivity index (χ0n) is 14.8. The van der Waals surface area contributed by atoms with Crippen LogP contribution in [-0.2, 0) is 10.9 Å². The fraction of sp³-hybridized carbons (Fsp3) is 0.182. The van der Waals surface area contributed by atoms with Crippen molar-refractivity contribution in [2.24, 2.45) is 0 Å². The van der Waals surface area contributed by atoms with Gasteiger partial charge in [-0.2, -0.15) is 0 Å². The fourth-order valence-electron chi connectivity index (χ4n) is 1.86. The summed E-state index contributed by atoms with van der Waals surface area (Å²) in [6.07, 6.45) is 5.78. The molecule has 0 saturated carbocycles. The maximum Gasteiger partial charge on any atom is 0.166 e. The molecular formula is C22H29S+. The molecule has 0 unspecified atom stereocenters. The molecule has 0 amide bonds. The quantitative estimate of drug-likeness (QED) is 0.409. The van der Waals surface area contributed by atoms with Crippen LogP contribution < -0.4 is 0 Å². The maximum atomic E-state index is 3.94. The molecule has 0 aliphatic carbocycles. The second kappa shape index (κ2) is 13.7. The van der Waals surface area contributed by atoms with Crippen molar-refractivity contribution in [1.82, 2.24) is 0 Å². The molecule has 23 heavy (non-hydrogen) atoms. The van der Waals surface area contributed by atoms with Crippen LogP contribution in [0.1, 0.15) is 27.7 Å². The van der Waals surface area contributed by atoms with Crippen LogP contribution in [0, 0.1) is 0 Å². The summed E-state index contributed by atoms with van der Waals surface area (Å²) in [6, 6.07) is 21.0. The summed E-state index contributed by atoms with van der Waals surface area (Å²) in [5.74, 6) is 0. The lowest BCUT2D eigenvalue weighted by atomic mass is 10.4. The molecule has 0 atom stereocenters. The lowest BCUT2D eigenvalue weighted by Crippen LogP contribution is -2.05. The van der Waals surface area contributed by atoms with Crippen LogP contribution in [0.15, 0.2) is 107 Å². The minimum Gasteiger partial charge on any atom is -0.0989 e. The average molecular weight is 326 g/mol. The van der Waals surface area contributed by atoms with E-state index >= 15 is 0 Å². The Morgan fingerprint density at radius 3 is 1.43 bits per heavy atom. The van der Waals surface area contributed by atoms with E-state index in [1.807, 2.05) is 58.1 Å². The van der Waals surface area contributed by atoms with Gasteiger partial charge in [-0.1, -0.05) is 83.3 Å². The largest absolute Gasteiger partial charge is 0.166 e. The molecule has 0 bridgehead atoms. The zero-order chi connectivity index (χ0) is 17.5. The van der Waals surface area contributed by atoms with Gasteiger partial charge in [-0.15, -0.1) is 0 Å². The first-order valence-corrected chi connectivity index (χ1v) is 9.39. The summed E-state index contributed by atoms with van der Waals surface area (Å²) >= 11 is 0. The Bertz CT molecular complexity index is 528. The molecule has 0 aromatic heterocycles. The summed E-state index contributed by atoms with van der Waals surface area (Å²) < 4.78 is 0. The Kier molecular flexibility index (Phi) is 12.5. The molecule has 0 N–H and O–H groups in total. The van der Waals surface area contributed by atoms with Gasteiger partial charge in [0.1, 0.15) is 0 Å². The number of rotatable bonds is 5. The zero-order valence-corrected chi connectivity index (χ0v) is 15.6. The highest BCUT2D eigenvalue weighted by molar-refractivity contribution is 8.00. The van der Waals surface area contributed by atoms with Gasteiger partial charge in [-0.05, 0) is 36.4 Å². The van der Waals surface area contributed by atoms with E-state index in [1.165, 1.54) is 14.7 Å². The molecule has 0 nitrogen and oxygen atoms in total. The van der Waals surface area contributed by atoms with Gasteiger partial charge >= 0.3 is 0 Å². The van der Waals surface area contributed by atoms with E-state index in [0.29, 0.717) is 0 Å². The maximum absolute atomic E-state index is 3.94. The van der Waals surface area contributed by atoms with E-state index < -0.39 is 0 Å². The van der Waals surface area contributed by atoms with Crippen molar-refractivity contribution in [3.63, 3.8) is 0 Å². The van der Waals surface area contributed by atoms with Gasteiger partial charge in [0, 0.05) is 0 Å². The summed E-state index contributed by atoms with van der Waals surface area (Å²) in [6.45, 7) is 15.7. The Balaban J connectivity index is 0.00000112. The number of hydrogen-bond acceptors (Lipinski definition) is 0. The molecule has 0 radical (unpaired) electrons. The molecule has 0 aliphatic rings. The highest BCUT2D eigenvalue weighted by Crippen LogP contribution is 2.30. The molecule has 1 heteroatoms. The van der Waals surface area contributed by atoms with E-state index in [-0.39, 0.29) is 10.9 Å². The molecule has 2 rings (SSSR count). The Labute approximate surface area is 145 Å². The lowest BCUT2D eigenvalue weighted by Gasteiger charge is -2.07. The van der Waals surface area contributed by atoms with Crippen molar-refractivity contribution in [1.29, 1.82) is 0 Å². The van der Waals surface area contributed by atoms with E-state index in [1.54, 1.807) is 0 Å². The van der Waals surface area contributed by atoms with Crippen LogP contribution in [0.5, 0.6) is 0 Å². The second-order valence-corrected chi connectivity index (χ2v) is 5.97. The molecule has 0 heterocycles. The number of hydrogen-bond donors (Lipinski definition) is 0. The van der Waals surface area contributed by atoms with Gasteiger partial charge in [0.15, 0.2) is 14.7 Å². The molecule has 0 saturated heterocycles. The molecule has 2 aromatic rings. The monoisotopic (exact) mass is 325 g/mol. The summed E-state index contributed by atoms with van der Waals surface area (Å²) in [7, 11) is -0.117. The Morgan fingerprint density at radius 1 is 0.739 bits per heavy atom. The lowest BCUT2D eigenvalue weighted by molar-refractivity contribution is 1.38. The molecular weight excluding hydrogens is 296 g/mol. The molecule has 0 aliphatic heterocycles. The van der Waals surface area contributed by atoms with Gasteiger partial charge in [-0.3, -0.25) is 0 Å². The Morgan fingerprint density at radius 2 is 1.13 bits per heavy atom. The van der Waals surface area contributed by atoms with Crippen LogP contribution in [0.2, 0.25) is 0 Å². The summed E-state index contributed by atoms with van der Waals surface area (Å²) in [5, 5.41) is 0. The minimum atomic E-state index is -0.117. The number of allylic oxidation sites excluding steroid dienone is 3. The van der Waals surface area contributed by atoms with Crippen LogP contribution in [0.25, 0.3) is 0 Å². The van der Waals surface area contributed by atoms with E-state index in [9.17, 15) is 0 Å². The Hall–Kier alpha value is -1.99. The number of benzene rings is 2. The predicted molar refractivity (Wildman–Crippen MR) is 108 cm³/mol. The molecule has 122 valence electrons. The third-order valence-corrected chi connectivity index (χ3v) is 4.94. The molecule has 0 fully saturated rings. The van der Waals surface area contributed by atoms with Crippen molar-refractivity contribution in [2.75, 3.05) is 0 Å².